The summed E-state index contributed by atoms with van der Waals surface area (Å²) in [5.41, 5.74) is 4.83. The third-order valence-corrected chi connectivity index (χ3v) is 7.46. The molecule has 5 rings (SSSR count). The van der Waals surface area contributed by atoms with Crippen LogP contribution in [0, 0.1) is 0 Å². The lowest BCUT2D eigenvalue weighted by Crippen LogP contribution is -2.26. The lowest BCUT2D eigenvalue weighted by Gasteiger charge is -2.18. The lowest BCUT2D eigenvalue weighted by molar-refractivity contribution is 0.0785. The fourth-order valence-corrected chi connectivity index (χ4v) is 5.37. The Morgan fingerprint density at radius 1 is 0.917 bits per heavy atom. The number of nitrogens with one attached hydrogen (secondary N) is 1. The van der Waals surface area contributed by atoms with Gasteiger partial charge in [-0.3, -0.25) is 14.6 Å². The third kappa shape index (κ3) is 5.27. The first-order valence-electron chi connectivity index (χ1n) is 11.4. The first kappa shape index (κ1) is 24.0. The van der Waals surface area contributed by atoms with E-state index >= 15 is 0 Å². The van der Waals surface area contributed by atoms with Crippen LogP contribution in [0.15, 0.2) is 94.2 Å². The van der Waals surface area contributed by atoms with Crippen molar-refractivity contribution >= 4 is 43.9 Å². The molecule has 0 aliphatic rings. The molecular weight excluding hydrogens is 536 g/mol. The van der Waals surface area contributed by atoms with Crippen LogP contribution in [-0.4, -0.2) is 27.9 Å². The van der Waals surface area contributed by atoms with Gasteiger partial charge in [-0.25, -0.2) is 0 Å². The summed E-state index contributed by atoms with van der Waals surface area (Å²) >= 11 is 4.51. The highest BCUT2D eigenvalue weighted by atomic mass is 79.9. The van der Waals surface area contributed by atoms with Gasteiger partial charge in [0.25, 0.3) is 5.91 Å². The number of aromatic hydroxyl groups is 1. The van der Waals surface area contributed by atoms with Crippen molar-refractivity contribution in [3.05, 3.63) is 121 Å². The van der Waals surface area contributed by atoms with Gasteiger partial charge in [0.2, 0.25) is 5.88 Å². The monoisotopic (exact) mass is 558 g/mol. The molecular formula is C29H23BrN2O3S. The number of nitrogens with zero attached hydrogens (tertiary/aromatic N) is 1. The minimum absolute atomic E-state index is 0.0233. The van der Waals surface area contributed by atoms with Crippen LogP contribution < -0.4 is 4.87 Å². The van der Waals surface area contributed by atoms with Crippen molar-refractivity contribution in [1.82, 2.24) is 9.88 Å². The van der Waals surface area contributed by atoms with E-state index in [4.69, 9.17) is 0 Å². The quantitative estimate of drug-likeness (QED) is 0.247. The van der Waals surface area contributed by atoms with Crippen LogP contribution in [0.5, 0.6) is 5.88 Å². The molecule has 0 radical (unpaired) electrons. The molecule has 0 atom stereocenters. The molecule has 0 unspecified atom stereocenters. The second-order valence-corrected chi connectivity index (χ2v) is 10.7. The van der Waals surface area contributed by atoms with Gasteiger partial charge in [0, 0.05) is 30.0 Å². The Morgan fingerprint density at radius 3 is 2.42 bits per heavy atom. The number of aromatic nitrogens is 1. The van der Waals surface area contributed by atoms with Gasteiger partial charge in [-0.2, -0.15) is 0 Å². The average molecular weight is 559 g/mol. The molecule has 0 fully saturated rings. The molecule has 2 N–H and O–H groups in total. The number of hydrogen-bond donors (Lipinski definition) is 2. The molecule has 180 valence electrons. The van der Waals surface area contributed by atoms with Gasteiger partial charge in [0.15, 0.2) is 0 Å². The first-order valence-corrected chi connectivity index (χ1v) is 13.0. The van der Waals surface area contributed by atoms with E-state index < -0.39 is 0 Å². The molecule has 0 spiro atoms. The number of benzene rings is 4. The SMILES string of the molecule is CN(Cc1cccc(-c2ccc(Cc3sc(=O)[nH]c3O)cc2)c1)C(=O)c1ccc2cc(Br)ccc2c1. The first-order chi connectivity index (χ1) is 17.4. The van der Waals surface area contributed by atoms with E-state index in [1.54, 1.807) is 4.90 Å². The summed E-state index contributed by atoms with van der Waals surface area (Å²) in [7, 11) is 1.82. The maximum Gasteiger partial charge on any atom is 0.307 e. The number of thiazole rings is 1. The highest BCUT2D eigenvalue weighted by molar-refractivity contribution is 9.10. The van der Waals surface area contributed by atoms with Crippen LogP contribution in [0.2, 0.25) is 0 Å². The summed E-state index contributed by atoms with van der Waals surface area (Å²) in [6.45, 7) is 0.495. The molecule has 1 aromatic heterocycles. The van der Waals surface area contributed by atoms with Crippen LogP contribution in [0.25, 0.3) is 21.9 Å². The Kier molecular flexibility index (Phi) is 6.76. The number of hydrogen-bond acceptors (Lipinski definition) is 4. The number of carbonyl (C=O) groups is 1. The summed E-state index contributed by atoms with van der Waals surface area (Å²) in [5, 5.41) is 11.9. The maximum absolute atomic E-state index is 13.1. The molecule has 5 aromatic rings. The number of aromatic amines is 1. The molecule has 0 bridgehead atoms. The van der Waals surface area contributed by atoms with E-state index in [0.717, 1.165) is 48.8 Å². The van der Waals surface area contributed by atoms with Gasteiger partial charge in [-0.1, -0.05) is 81.9 Å². The van der Waals surface area contributed by atoms with E-state index in [9.17, 15) is 14.7 Å². The summed E-state index contributed by atoms with van der Waals surface area (Å²) in [6.07, 6.45) is 0.495. The normalized spacial score (nSPS) is 11.1. The molecule has 0 saturated heterocycles. The minimum atomic E-state index is -0.256. The Morgan fingerprint density at radius 2 is 1.67 bits per heavy atom. The predicted molar refractivity (Wildman–Crippen MR) is 149 cm³/mol. The van der Waals surface area contributed by atoms with Crippen LogP contribution in [0.4, 0.5) is 0 Å². The molecule has 1 amide bonds. The second kappa shape index (κ2) is 10.1. The standard InChI is InChI=1S/C29H23BrN2O3S/c1-32(28(34)24-10-9-23-16-25(30)12-11-22(23)15-24)17-19-3-2-4-21(13-19)20-7-5-18(6-8-20)14-26-27(33)31-29(35)36-26/h2-13,15-16,33H,14,17H2,1H3,(H,31,35). The predicted octanol–water partition coefficient (Wildman–Crippen LogP) is 6.59. The Labute approximate surface area is 220 Å². The molecule has 7 heteroatoms. The van der Waals surface area contributed by atoms with Crippen molar-refractivity contribution in [2.75, 3.05) is 7.05 Å². The second-order valence-electron chi connectivity index (χ2n) is 8.73. The summed E-state index contributed by atoms with van der Waals surface area (Å²) in [4.78, 5) is 29.0. The summed E-state index contributed by atoms with van der Waals surface area (Å²) in [5.74, 6) is -0.0814. The van der Waals surface area contributed by atoms with Crippen molar-refractivity contribution in [3.63, 3.8) is 0 Å². The minimum Gasteiger partial charge on any atom is -0.494 e. The highest BCUT2D eigenvalue weighted by Gasteiger charge is 2.13. The molecule has 0 saturated carbocycles. The van der Waals surface area contributed by atoms with Crippen LogP contribution in [-0.2, 0) is 13.0 Å². The zero-order valence-electron chi connectivity index (χ0n) is 19.5. The largest absolute Gasteiger partial charge is 0.494 e. The number of halogens is 1. The third-order valence-electron chi connectivity index (χ3n) is 6.10. The topological polar surface area (TPSA) is 73.4 Å². The zero-order chi connectivity index (χ0) is 25.2. The van der Waals surface area contributed by atoms with Crippen molar-refractivity contribution in [1.29, 1.82) is 0 Å². The van der Waals surface area contributed by atoms with Gasteiger partial charge in [-0.05, 0) is 63.4 Å². The van der Waals surface area contributed by atoms with E-state index in [0.29, 0.717) is 23.4 Å². The van der Waals surface area contributed by atoms with Gasteiger partial charge in [0.1, 0.15) is 0 Å². The number of fused-ring (bicyclic) bond motifs is 1. The molecule has 1 heterocycles. The van der Waals surface area contributed by atoms with Gasteiger partial charge in [0.05, 0.1) is 4.88 Å². The fourth-order valence-electron chi connectivity index (χ4n) is 4.24. The van der Waals surface area contributed by atoms with Crippen LogP contribution in [0.3, 0.4) is 0 Å². The molecule has 0 aliphatic heterocycles. The van der Waals surface area contributed by atoms with Crippen molar-refractivity contribution in [2.24, 2.45) is 0 Å². The smallest absolute Gasteiger partial charge is 0.307 e. The number of rotatable bonds is 6. The fraction of sp³-hybridized carbons (Fsp3) is 0.103. The van der Waals surface area contributed by atoms with Crippen molar-refractivity contribution < 1.29 is 9.90 Å². The Bertz CT molecular complexity index is 1620. The molecule has 5 nitrogen and oxygen atoms in total. The average Bonchev–Trinajstić information content (AvgIpc) is 3.20. The Balaban J connectivity index is 1.29. The molecule has 0 aliphatic carbocycles. The van der Waals surface area contributed by atoms with Crippen molar-refractivity contribution in [3.8, 4) is 17.0 Å². The van der Waals surface area contributed by atoms with E-state index in [2.05, 4.69) is 27.0 Å². The zero-order valence-corrected chi connectivity index (χ0v) is 21.9. The molecule has 4 aromatic carbocycles. The number of H-pyrrole nitrogens is 1. The van der Waals surface area contributed by atoms with E-state index in [1.165, 1.54) is 0 Å². The summed E-state index contributed by atoms with van der Waals surface area (Å²) < 4.78 is 1.01. The van der Waals surface area contributed by atoms with Crippen LogP contribution >= 0.6 is 27.3 Å². The van der Waals surface area contributed by atoms with Gasteiger partial charge < -0.3 is 10.0 Å². The maximum atomic E-state index is 13.1. The Hall–Kier alpha value is -3.68. The molecule has 36 heavy (non-hydrogen) atoms. The lowest BCUT2D eigenvalue weighted by atomic mass is 10.0. The summed E-state index contributed by atoms with van der Waals surface area (Å²) in [6, 6.07) is 28.0. The highest BCUT2D eigenvalue weighted by Crippen LogP contribution is 2.25. The van der Waals surface area contributed by atoms with Gasteiger partial charge in [-0.15, -0.1) is 0 Å². The van der Waals surface area contributed by atoms with Crippen LogP contribution in [0.1, 0.15) is 26.4 Å². The van der Waals surface area contributed by atoms with Crippen molar-refractivity contribution in [2.45, 2.75) is 13.0 Å². The van der Waals surface area contributed by atoms with Gasteiger partial charge >= 0.3 is 4.87 Å². The number of carbonyl (C=O) groups excluding carboxylic acids is 1. The number of amides is 1. The van der Waals surface area contributed by atoms with E-state index in [-0.39, 0.29) is 16.7 Å². The van der Waals surface area contributed by atoms with E-state index in [1.807, 2.05) is 85.9 Å².